The number of fused-ring (bicyclic) bond motifs is 1. The van der Waals surface area contributed by atoms with Crippen LogP contribution in [0.1, 0.15) is 90.0 Å². The first-order valence-electron chi connectivity index (χ1n) is 20.6. The minimum Gasteiger partial charge on any atom is -0.489 e. The number of piperidine rings is 2. The van der Waals surface area contributed by atoms with Crippen molar-refractivity contribution in [3.05, 3.63) is 76.1 Å². The Kier molecular flexibility index (Phi) is 10.8. The van der Waals surface area contributed by atoms with E-state index in [0.717, 1.165) is 74.1 Å². The number of rotatable bonds is 9. The molecule has 60 heavy (non-hydrogen) atoms. The monoisotopic (exact) mass is 835 g/mol. The van der Waals surface area contributed by atoms with Gasteiger partial charge < -0.3 is 19.9 Å². The molecule has 314 valence electrons. The molecule has 1 aromatic heterocycles. The Labute approximate surface area is 354 Å². The van der Waals surface area contributed by atoms with E-state index in [0.29, 0.717) is 44.9 Å². The number of imide groups is 2. The van der Waals surface area contributed by atoms with Gasteiger partial charge in [0.25, 0.3) is 23.6 Å². The number of likely N-dealkylation sites (N-methyl/N-ethyl adjacent to an activating group) is 1. The fourth-order valence-electron chi connectivity index (χ4n) is 10.1. The van der Waals surface area contributed by atoms with Crippen LogP contribution in [-0.2, 0) is 9.59 Å². The van der Waals surface area contributed by atoms with Crippen molar-refractivity contribution in [2.24, 2.45) is 16.7 Å². The van der Waals surface area contributed by atoms with Crippen molar-refractivity contribution in [2.75, 3.05) is 62.7 Å². The predicted molar refractivity (Wildman–Crippen MR) is 223 cm³/mol. The number of nitrogens with one attached hydrogen (secondary N) is 1. The lowest BCUT2D eigenvalue weighted by atomic mass is 9.49. The zero-order valence-corrected chi connectivity index (χ0v) is 35.4. The van der Waals surface area contributed by atoms with Crippen LogP contribution in [0.3, 0.4) is 0 Å². The molecule has 4 aliphatic heterocycles. The molecule has 0 radical (unpaired) electrons. The highest BCUT2D eigenvalue weighted by atomic mass is 35.5. The molecule has 1 unspecified atom stereocenters. The standard InChI is InChI=1S/C44H50ClN9O6/c1-43(2)40(44(3,4)41(43)60-30-8-6-27(22-46)33(45)21-30)49-36(56)28-23-47-42(48-24-28)53-14-12-26(13-15-53)25-51-16-18-52(19-17-51)29-7-9-31-32(20-29)38(58)54(37(31)57)34-10-11-35(55)50(5)39(34)59/h6-9,20-21,23-24,26,34,40-41H,10-19,25H2,1-5H3,(H,49,56)/t34?,40-,41-. The molecular formula is C44H50ClN9O6. The molecule has 5 aliphatic rings. The molecule has 0 spiro atoms. The van der Waals surface area contributed by atoms with E-state index >= 15 is 0 Å². The van der Waals surface area contributed by atoms with E-state index in [2.05, 4.69) is 63.7 Å². The summed E-state index contributed by atoms with van der Waals surface area (Å²) in [4.78, 5) is 83.0. The van der Waals surface area contributed by atoms with Crippen LogP contribution in [0.5, 0.6) is 5.75 Å². The van der Waals surface area contributed by atoms with Crippen molar-refractivity contribution < 1.29 is 28.7 Å². The third-order valence-corrected chi connectivity index (χ3v) is 13.6. The lowest BCUT2D eigenvalue weighted by Crippen LogP contribution is -2.74. The zero-order chi connectivity index (χ0) is 42.7. The highest BCUT2D eigenvalue weighted by Crippen LogP contribution is 2.55. The fourth-order valence-corrected chi connectivity index (χ4v) is 10.4. The maximum absolute atomic E-state index is 13.4. The first kappa shape index (κ1) is 41.2. The Morgan fingerprint density at radius 3 is 2.20 bits per heavy atom. The first-order chi connectivity index (χ1) is 28.6. The topological polar surface area (TPSA) is 172 Å². The summed E-state index contributed by atoms with van der Waals surface area (Å²) in [7, 11) is 1.39. The molecule has 3 saturated heterocycles. The molecule has 16 heteroatoms. The lowest BCUT2D eigenvalue weighted by molar-refractivity contribution is -0.164. The molecule has 8 rings (SSSR count). The van der Waals surface area contributed by atoms with E-state index < -0.39 is 34.6 Å². The number of hydrogen-bond donors (Lipinski definition) is 1. The minimum absolute atomic E-state index is 0.109. The summed E-state index contributed by atoms with van der Waals surface area (Å²) in [6.07, 6.45) is 5.23. The van der Waals surface area contributed by atoms with Gasteiger partial charge in [0, 0.05) is 100 Å². The summed E-state index contributed by atoms with van der Waals surface area (Å²) in [5, 5.41) is 12.8. The third kappa shape index (κ3) is 7.34. The molecule has 1 saturated carbocycles. The van der Waals surface area contributed by atoms with Gasteiger partial charge in [0.15, 0.2) is 0 Å². The molecule has 4 fully saturated rings. The number of nitriles is 1. The number of carbonyl (C=O) groups is 5. The minimum atomic E-state index is -0.968. The Morgan fingerprint density at radius 1 is 0.883 bits per heavy atom. The molecule has 5 amide bonds. The zero-order valence-electron chi connectivity index (χ0n) is 34.6. The number of anilines is 2. The molecule has 1 atom stereocenters. The van der Waals surface area contributed by atoms with Crippen molar-refractivity contribution in [2.45, 2.75) is 71.6 Å². The van der Waals surface area contributed by atoms with Crippen LogP contribution in [0.2, 0.25) is 5.02 Å². The Morgan fingerprint density at radius 2 is 1.55 bits per heavy atom. The van der Waals surface area contributed by atoms with Gasteiger partial charge in [-0.05, 0) is 55.5 Å². The first-order valence-corrected chi connectivity index (χ1v) is 21.0. The van der Waals surface area contributed by atoms with Gasteiger partial charge in [-0.25, -0.2) is 9.97 Å². The largest absolute Gasteiger partial charge is 0.489 e. The van der Waals surface area contributed by atoms with Crippen molar-refractivity contribution >= 4 is 52.8 Å². The number of halogens is 1. The van der Waals surface area contributed by atoms with Crippen LogP contribution in [-0.4, -0.2) is 125 Å². The van der Waals surface area contributed by atoms with E-state index in [4.69, 9.17) is 16.3 Å². The average Bonchev–Trinajstić information content (AvgIpc) is 3.49. The Bertz CT molecular complexity index is 2260. The second-order valence-corrected chi connectivity index (χ2v) is 18.3. The molecule has 2 aromatic carbocycles. The number of ether oxygens (including phenoxy) is 1. The van der Waals surface area contributed by atoms with Crippen LogP contribution >= 0.6 is 11.6 Å². The van der Waals surface area contributed by atoms with Gasteiger partial charge in [-0.15, -0.1) is 0 Å². The number of carbonyl (C=O) groups excluding carboxylic acids is 5. The van der Waals surface area contributed by atoms with Crippen LogP contribution in [0, 0.1) is 28.1 Å². The van der Waals surface area contributed by atoms with Gasteiger partial charge in [-0.3, -0.25) is 38.7 Å². The quantitative estimate of drug-likeness (QED) is 0.302. The number of nitrogens with zero attached hydrogens (tertiary/aromatic N) is 8. The number of piperazine rings is 1. The molecule has 15 nitrogen and oxygen atoms in total. The van der Waals surface area contributed by atoms with E-state index in [1.165, 1.54) is 7.05 Å². The van der Waals surface area contributed by atoms with Crippen LogP contribution < -0.4 is 19.9 Å². The summed E-state index contributed by atoms with van der Waals surface area (Å²) in [5.41, 5.74) is 1.46. The fraction of sp³-hybridized carbons (Fsp3) is 0.500. The third-order valence-electron chi connectivity index (χ3n) is 13.3. The highest BCUT2D eigenvalue weighted by Gasteiger charge is 2.64. The smallest absolute Gasteiger partial charge is 0.262 e. The van der Waals surface area contributed by atoms with Crippen molar-refractivity contribution in [3.63, 3.8) is 0 Å². The lowest BCUT2D eigenvalue weighted by Gasteiger charge is -2.63. The summed E-state index contributed by atoms with van der Waals surface area (Å²) in [6, 6.07) is 11.3. The molecule has 1 N–H and O–H groups in total. The summed E-state index contributed by atoms with van der Waals surface area (Å²) in [5.74, 6) is -0.328. The average molecular weight is 836 g/mol. The van der Waals surface area contributed by atoms with Gasteiger partial charge in [-0.2, -0.15) is 5.26 Å². The van der Waals surface area contributed by atoms with Gasteiger partial charge in [0.1, 0.15) is 24.0 Å². The predicted octanol–water partition coefficient (Wildman–Crippen LogP) is 4.40. The second-order valence-electron chi connectivity index (χ2n) is 17.8. The van der Waals surface area contributed by atoms with Gasteiger partial charge >= 0.3 is 0 Å². The molecule has 5 heterocycles. The number of hydrogen-bond acceptors (Lipinski definition) is 12. The number of benzene rings is 2. The van der Waals surface area contributed by atoms with E-state index in [9.17, 15) is 29.2 Å². The highest BCUT2D eigenvalue weighted by molar-refractivity contribution is 6.31. The molecule has 0 bridgehead atoms. The Balaban J connectivity index is 0.791. The maximum atomic E-state index is 13.4. The van der Waals surface area contributed by atoms with Gasteiger partial charge in [-0.1, -0.05) is 39.3 Å². The van der Waals surface area contributed by atoms with E-state index in [1.807, 2.05) is 6.07 Å². The van der Waals surface area contributed by atoms with Crippen molar-refractivity contribution in [1.29, 1.82) is 5.26 Å². The Hall–Kier alpha value is -5.59. The van der Waals surface area contributed by atoms with Crippen LogP contribution in [0.15, 0.2) is 48.8 Å². The van der Waals surface area contributed by atoms with Crippen LogP contribution in [0.25, 0.3) is 0 Å². The molecule has 1 aliphatic carbocycles. The van der Waals surface area contributed by atoms with E-state index in [-0.39, 0.29) is 36.8 Å². The molecular weight excluding hydrogens is 786 g/mol. The maximum Gasteiger partial charge on any atom is 0.262 e. The summed E-state index contributed by atoms with van der Waals surface area (Å²) in [6.45, 7) is 14.2. The second kappa shape index (κ2) is 15.8. The number of likely N-dealkylation sites (tertiary alicyclic amines) is 1. The normalized spacial score (nSPS) is 24.2. The van der Waals surface area contributed by atoms with Crippen molar-refractivity contribution in [1.82, 2.24) is 30.0 Å². The van der Waals surface area contributed by atoms with Gasteiger partial charge in [0.05, 0.1) is 27.3 Å². The summed E-state index contributed by atoms with van der Waals surface area (Å²) < 4.78 is 6.36. The van der Waals surface area contributed by atoms with Crippen LogP contribution in [0.4, 0.5) is 11.6 Å². The summed E-state index contributed by atoms with van der Waals surface area (Å²) >= 11 is 6.24. The van der Waals surface area contributed by atoms with E-state index in [1.54, 1.807) is 42.7 Å². The SMILES string of the molecule is CN1C(=O)CCC(N2C(=O)c3ccc(N4CCN(CC5CCN(c6ncc(C(=O)N[C@H]7C(C)(C)[C@H](Oc8ccc(C#N)c(Cl)c8)C7(C)C)cn6)CC5)CC4)cc3C2=O)C1=O. The number of aromatic nitrogens is 2. The van der Waals surface area contributed by atoms with Gasteiger partial charge in [0.2, 0.25) is 11.9 Å². The van der Waals surface area contributed by atoms with Crippen molar-refractivity contribution in [3.8, 4) is 11.8 Å². The number of amides is 5. The molecule has 3 aromatic rings.